The minimum Gasteiger partial charge on any atom is -0.505 e. The van der Waals surface area contributed by atoms with E-state index in [1.807, 2.05) is 0 Å². The van der Waals surface area contributed by atoms with Gasteiger partial charge >= 0.3 is 0 Å². The van der Waals surface area contributed by atoms with Crippen LogP contribution in [0, 0.1) is 10.1 Å². The predicted molar refractivity (Wildman–Crippen MR) is 283 cm³/mol. The number of rotatable bonds is 16. The van der Waals surface area contributed by atoms with Crippen LogP contribution in [0.2, 0.25) is 0 Å². The first-order valence-corrected chi connectivity index (χ1v) is 30.2. The molecule has 0 radical (unpaired) electrons. The molecular formula is C43H30N10O24S6. The second kappa shape index (κ2) is 21.3. The van der Waals surface area contributed by atoms with Crippen molar-refractivity contribution >= 4 is 150 Å². The van der Waals surface area contributed by atoms with Crippen LogP contribution < -0.4 is 10.5 Å². The van der Waals surface area contributed by atoms with E-state index in [2.05, 4.69) is 40.9 Å². The maximum atomic E-state index is 12.8. The third-order valence-electron chi connectivity index (χ3n) is 11.4. The number of anilines is 1. The smallest absolute Gasteiger partial charge is 0.297 e. The summed E-state index contributed by atoms with van der Waals surface area (Å²) in [5.41, 5.74) is -1.65. The van der Waals surface area contributed by atoms with Gasteiger partial charge in [-0.2, -0.15) is 60.7 Å². The van der Waals surface area contributed by atoms with Crippen LogP contribution in [0.25, 0.3) is 32.3 Å². The highest BCUT2D eigenvalue weighted by atomic mass is 32.2. The Labute approximate surface area is 463 Å². The van der Waals surface area contributed by atoms with E-state index in [4.69, 9.17) is 10.5 Å². The summed E-state index contributed by atoms with van der Waals surface area (Å²) >= 11 is 0. The average Bonchev–Trinajstić information content (AvgIpc) is 2.27. The van der Waals surface area contributed by atoms with Crippen LogP contribution in [0.1, 0.15) is 0 Å². The highest BCUT2D eigenvalue weighted by Crippen LogP contribution is 2.50. The van der Waals surface area contributed by atoms with E-state index in [0.717, 1.165) is 66.7 Å². The van der Waals surface area contributed by atoms with Gasteiger partial charge in [0, 0.05) is 29.0 Å². The van der Waals surface area contributed by atoms with Gasteiger partial charge in [0.05, 0.1) is 34.5 Å². The van der Waals surface area contributed by atoms with Crippen LogP contribution in [0.5, 0.6) is 23.0 Å². The van der Waals surface area contributed by atoms with Crippen molar-refractivity contribution in [2.75, 3.05) is 12.8 Å². The minimum atomic E-state index is -5.49. The molecule has 34 nitrogen and oxygen atoms in total. The van der Waals surface area contributed by atoms with E-state index in [0.29, 0.717) is 24.3 Å². The molecule has 0 amide bonds. The molecule has 8 aromatic carbocycles. The van der Waals surface area contributed by atoms with Crippen molar-refractivity contribution in [2.45, 2.75) is 29.4 Å². The first kappa shape index (κ1) is 59.9. The van der Waals surface area contributed by atoms with E-state index < -0.39 is 174 Å². The largest absolute Gasteiger partial charge is 0.505 e. The number of nitrogens with two attached hydrogens (primary N) is 1. The topological polar surface area (TPSA) is 564 Å². The zero-order chi connectivity index (χ0) is 61.3. The molecule has 0 unspecified atom stereocenters. The lowest BCUT2D eigenvalue weighted by molar-refractivity contribution is -0.385. The molecule has 40 heteroatoms. The zero-order valence-electron chi connectivity index (χ0n) is 40.4. The van der Waals surface area contributed by atoms with Gasteiger partial charge in [0.1, 0.15) is 69.2 Å². The molecule has 8 aromatic rings. The lowest BCUT2D eigenvalue weighted by Gasteiger charge is -2.14. The molecule has 0 spiro atoms. The van der Waals surface area contributed by atoms with Gasteiger partial charge in [-0.1, -0.05) is 6.07 Å². The molecule has 83 heavy (non-hydrogen) atoms. The number of phenolic OH excluding ortho intramolecular Hbond substituents is 3. The monoisotopic (exact) mass is 1260 g/mol. The van der Waals surface area contributed by atoms with Gasteiger partial charge in [-0.3, -0.25) is 37.4 Å². The number of hydrogen-bond donors (Lipinski definition) is 10. The molecule has 0 aliphatic rings. The number of non-ortho nitro benzene ring substituents is 1. The molecule has 0 fully saturated rings. The van der Waals surface area contributed by atoms with Crippen LogP contribution in [0.4, 0.5) is 56.9 Å². The lowest BCUT2D eigenvalue weighted by Crippen LogP contribution is -2.03. The fourth-order valence-electron chi connectivity index (χ4n) is 7.72. The Morgan fingerprint density at radius 3 is 1.34 bits per heavy atom. The molecule has 11 N–H and O–H groups in total. The van der Waals surface area contributed by atoms with E-state index in [1.165, 1.54) is 13.2 Å². The molecule has 8 rings (SSSR count). The average molecular weight is 1260 g/mol. The van der Waals surface area contributed by atoms with E-state index >= 15 is 0 Å². The third kappa shape index (κ3) is 12.2. The van der Waals surface area contributed by atoms with Crippen molar-refractivity contribution in [3.63, 3.8) is 0 Å². The van der Waals surface area contributed by atoms with Crippen LogP contribution >= 0.6 is 0 Å². The lowest BCUT2D eigenvalue weighted by atomic mass is 10.0. The number of nitrogens with zero attached hydrogens (tertiary/aromatic N) is 9. The molecule has 0 bridgehead atoms. The minimum absolute atomic E-state index is 0.0543. The Morgan fingerprint density at radius 2 is 0.831 bits per heavy atom. The number of methoxy groups -OCH3 is 1. The normalized spacial score (nSPS) is 13.2. The Balaban J connectivity index is 1.22. The van der Waals surface area contributed by atoms with Crippen LogP contribution in [-0.2, 0) is 60.7 Å². The van der Waals surface area contributed by atoms with Gasteiger partial charge < -0.3 is 25.8 Å². The number of hydrogen-bond acceptors (Lipinski definition) is 27. The number of nitrogen functional groups attached to an aromatic ring is 1. The predicted octanol–water partition coefficient (Wildman–Crippen LogP) is 8.90. The summed E-state index contributed by atoms with van der Waals surface area (Å²) in [6.07, 6.45) is 0. The van der Waals surface area contributed by atoms with Crippen LogP contribution in [0.3, 0.4) is 0 Å². The Hall–Kier alpha value is -9.20. The van der Waals surface area contributed by atoms with Crippen LogP contribution in [0.15, 0.2) is 167 Å². The summed E-state index contributed by atoms with van der Waals surface area (Å²) in [6.45, 7) is 0. The fraction of sp³-hybridized carbons (Fsp3) is 0.0233. The molecule has 0 aliphatic heterocycles. The number of benzene rings is 8. The Morgan fingerprint density at radius 1 is 0.422 bits per heavy atom. The Bertz CT molecular complexity index is 5040. The summed E-state index contributed by atoms with van der Waals surface area (Å²) in [5.74, 6) is -3.43. The number of phenols is 3. The first-order chi connectivity index (χ1) is 38.4. The van der Waals surface area contributed by atoms with Crippen molar-refractivity contribution < 1.29 is 103 Å². The molecule has 0 aliphatic carbocycles. The molecule has 0 heterocycles. The molecule has 432 valence electrons. The first-order valence-electron chi connectivity index (χ1n) is 21.6. The Kier molecular flexibility index (Phi) is 15.4. The van der Waals surface area contributed by atoms with Gasteiger partial charge in [0.15, 0.2) is 17.2 Å². The summed E-state index contributed by atoms with van der Waals surface area (Å²) in [4.78, 5) is 3.45. The van der Waals surface area contributed by atoms with Gasteiger partial charge in [-0.05, 0) is 89.0 Å². The molecule has 0 atom stereocenters. The maximum absolute atomic E-state index is 12.8. The van der Waals surface area contributed by atoms with Crippen LogP contribution in [-0.4, -0.2) is 105 Å². The van der Waals surface area contributed by atoms with E-state index in [-0.39, 0.29) is 33.3 Å². The second-order valence-corrected chi connectivity index (χ2v) is 25.0. The molecule has 0 saturated heterocycles. The van der Waals surface area contributed by atoms with Crippen molar-refractivity contribution in [2.24, 2.45) is 40.9 Å². The zero-order valence-corrected chi connectivity index (χ0v) is 45.3. The molecule has 0 saturated carbocycles. The maximum Gasteiger partial charge on any atom is 0.297 e. The van der Waals surface area contributed by atoms with Gasteiger partial charge in [-0.15, -0.1) is 30.7 Å². The van der Waals surface area contributed by atoms with Gasteiger partial charge in [0.25, 0.3) is 66.4 Å². The number of ether oxygens (including phenoxy) is 1. The SMILES string of the molecule is COc1ccc(N=Nc2c(S(=O)(=O)O)cc3cc(N=Nc4c(S(=O)(=O)O)cc5cc(S(=O)(=O)O)c(N=Nc6ccc7cc(S(=O)(=O)O)c(N=Nc8ccc([N+](=O)[O-])cc8S(=O)(=O)O)c(O)c7c6)c(N)c5c4O)ccc3c2O)c(S(=O)(=O)O)c1. The van der Waals surface area contributed by atoms with E-state index in [9.17, 15) is 103 Å². The molecular weight excluding hydrogens is 1230 g/mol. The summed E-state index contributed by atoms with van der Waals surface area (Å²) in [5, 5.41) is 72.5. The standard InChI is InChI=1S/C43H30N10O24S6/c1-77-24-6-9-28(30(17-24)79(62,63)64)48-51-38-33(82(71,72)73)12-19-10-21(4-7-25(19)41(38)54)45-50-40-34(83(74,75)76)14-20-13-31(80(65,66)67)37(36(44)35(20)43(40)56)49-46-22-3-2-18-11-32(81(68,69)70)39(42(55)26(18)15-22)52-47-27-8-5-23(53(57)58)16-29(27)78(59,60)61/h2-17,54-56H,44H2,1H3,(H,59,60,61)(H,62,63,64)(H,65,66,67)(H,68,69,70)(H,71,72,73)(H,74,75,76). The summed E-state index contributed by atoms with van der Waals surface area (Å²) in [7, 11) is -30.7. The van der Waals surface area contributed by atoms with Crippen molar-refractivity contribution in [3.8, 4) is 23.0 Å². The highest BCUT2D eigenvalue weighted by Gasteiger charge is 2.30. The van der Waals surface area contributed by atoms with Crippen molar-refractivity contribution in [1.29, 1.82) is 0 Å². The quantitative estimate of drug-likeness (QED) is 0.0142. The number of fused-ring (bicyclic) bond motifs is 3. The highest BCUT2D eigenvalue weighted by molar-refractivity contribution is 7.87. The third-order valence-corrected chi connectivity index (χ3v) is 16.7. The van der Waals surface area contributed by atoms with Gasteiger partial charge in [0.2, 0.25) is 0 Å². The number of aromatic hydroxyl groups is 3. The van der Waals surface area contributed by atoms with Crippen molar-refractivity contribution in [3.05, 3.63) is 107 Å². The fourth-order valence-corrected chi connectivity index (χ4v) is 11.6. The van der Waals surface area contributed by atoms with E-state index in [1.54, 1.807) is 0 Å². The van der Waals surface area contributed by atoms with Crippen molar-refractivity contribution in [1.82, 2.24) is 0 Å². The van der Waals surface area contributed by atoms with Gasteiger partial charge in [-0.25, -0.2) is 0 Å². The number of nitro groups is 1. The summed E-state index contributed by atoms with van der Waals surface area (Å²) < 4.78 is 215. The summed E-state index contributed by atoms with van der Waals surface area (Å²) in [6, 6.07) is 13.6. The number of nitro benzene ring substituents is 1. The molecule has 0 aromatic heterocycles. The number of azo groups is 4. The second-order valence-electron chi connectivity index (χ2n) is 16.7.